The summed E-state index contributed by atoms with van der Waals surface area (Å²) >= 11 is 0. The third kappa shape index (κ3) is 3.83. The maximum absolute atomic E-state index is 12.3. The highest BCUT2D eigenvalue weighted by atomic mass is 16.1. The molecule has 0 saturated heterocycles. The first-order chi connectivity index (χ1) is 9.58. The minimum Gasteiger partial charge on any atom is -0.353 e. The average Bonchev–Trinajstić information content (AvgIpc) is 2.49. The molecule has 0 aliphatic heterocycles. The van der Waals surface area contributed by atoms with E-state index < -0.39 is 0 Å². The molecule has 1 amide bonds. The van der Waals surface area contributed by atoms with Crippen LogP contribution in [0.5, 0.6) is 0 Å². The molecule has 0 radical (unpaired) electrons. The van der Waals surface area contributed by atoms with E-state index in [0.717, 1.165) is 24.3 Å². The fourth-order valence-corrected chi connectivity index (χ4v) is 2.86. The van der Waals surface area contributed by atoms with Crippen LogP contribution in [0.25, 0.3) is 0 Å². The topological polar surface area (TPSA) is 55.1 Å². The van der Waals surface area contributed by atoms with Crippen LogP contribution in [-0.4, -0.2) is 11.9 Å². The number of rotatable bonds is 4. The van der Waals surface area contributed by atoms with E-state index in [2.05, 4.69) is 12.2 Å². The van der Waals surface area contributed by atoms with Gasteiger partial charge in [-0.05, 0) is 37.2 Å². The quantitative estimate of drug-likeness (QED) is 0.886. The van der Waals surface area contributed by atoms with Crippen molar-refractivity contribution in [1.82, 2.24) is 5.32 Å². The molecule has 2 unspecified atom stereocenters. The summed E-state index contributed by atoms with van der Waals surface area (Å²) < 4.78 is 0. The van der Waals surface area contributed by atoms with Gasteiger partial charge in [-0.2, -0.15) is 0 Å². The Morgan fingerprint density at radius 2 is 1.80 bits per heavy atom. The first-order valence-electron chi connectivity index (χ1n) is 7.69. The van der Waals surface area contributed by atoms with Crippen LogP contribution in [0.4, 0.5) is 0 Å². The highest BCUT2D eigenvalue weighted by molar-refractivity contribution is 5.79. The van der Waals surface area contributed by atoms with Gasteiger partial charge in [-0.15, -0.1) is 0 Å². The van der Waals surface area contributed by atoms with Gasteiger partial charge in [0.15, 0.2) is 0 Å². The zero-order chi connectivity index (χ0) is 14.5. The summed E-state index contributed by atoms with van der Waals surface area (Å²) in [4.78, 5) is 12.3. The molecule has 2 atom stereocenters. The Labute approximate surface area is 121 Å². The minimum atomic E-state index is -0.237. The number of hydrogen-bond donors (Lipinski definition) is 2. The molecular formula is C17H26N2O. The van der Waals surface area contributed by atoms with Crippen molar-refractivity contribution in [3.63, 3.8) is 0 Å². The van der Waals surface area contributed by atoms with E-state index in [1.54, 1.807) is 0 Å². The second kappa shape index (κ2) is 6.89. The van der Waals surface area contributed by atoms with E-state index in [9.17, 15) is 4.79 Å². The Kier molecular flexibility index (Phi) is 5.18. The fraction of sp³-hybridized carbons (Fsp3) is 0.588. The van der Waals surface area contributed by atoms with E-state index in [-0.39, 0.29) is 17.9 Å². The van der Waals surface area contributed by atoms with Crippen molar-refractivity contribution in [3.05, 3.63) is 35.9 Å². The van der Waals surface area contributed by atoms with Crippen LogP contribution < -0.4 is 11.1 Å². The van der Waals surface area contributed by atoms with E-state index >= 15 is 0 Å². The van der Waals surface area contributed by atoms with Crippen LogP contribution >= 0.6 is 0 Å². The van der Waals surface area contributed by atoms with Crippen LogP contribution in [0.15, 0.2) is 30.3 Å². The summed E-state index contributed by atoms with van der Waals surface area (Å²) in [7, 11) is 0. The van der Waals surface area contributed by atoms with Crippen LogP contribution in [0.3, 0.4) is 0 Å². The Morgan fingerprint density at radius 1 is 1.20 bits per heavy atom. The normalized spacial score (nSPS) is 25.8. The molecule has 0 bridgehead atoms. The zero-order valence-corrected chi connectivity index (χ0v) is 12.5. The van der Waals surface area contributed by atoms with Gasteiger partial charge in [0.1, 0.15) is 0 Å². The zero-order valence-electron chi connectivity index (χ0n) is 12.5. The third-order valence-corrected chi connectivity index (χ3v) is 4.50. The molecular weight excluding hydrogens is 248 g/mol. The molecule has 20 heavy (non-hydrogen) atoms. The molecule has 1 aromatic carbocycles. The first-order valence-corrected chi connectivity index (χ1v) is 7.69. The van der Waals surface area contributed by atoms with Crippen LogP contribution in [0.1, 0.15) is 51.1 Å². The summed E-state index contributed by atoms with van der Waals surface area (Å²) in [5.74, 6) is 0.685. The maximum Gasteiger partial charge on any atom is 0.224 e. The predicted octanol–water partition coefficient (Wildman–Crippen LogP) is 3.02. The van der Waals surface area contributed by atoms with E-state index in [1.807, 2.05) is 37.3 Å². The van der Waals surface area contributed by atoms with Gasteiger partial charge < -0.3 is 11.1 Å². The molecule has 1 fully saturated rings. The Balaban J connectivity index is 1.88. The summed E-state index contributed by atoms with van der Waals surface area (Å²) in [6, 6.07) is 9.95. The number of amides is 1. The molecule has 0 aromatic heterocycles. The summed E-state index contributed by atoms with van der Waals surface area (Å²) in [6.45, 7) is 4.20. The van der Waals surface area contributed by atoms with Crippen LogP contribution in [0, 0.1) is 11.8 Å². The number of nitrogens with one attached hydrogen (secondary N) is 1. The van der Waals surface area contributed by atoms with E-state index in [0.29, 0.717) is 6.04 Å². The van der Waals surface area contributed by atoms with Gasteiger partial charge in [0.25, 0.3) is 0 Å². The smallest absolute Gasteiger partial charge is 0.224 e. The summed E-state index contributed by atoms with van der Waals surface area (Å²) in [5, 5.41) is 3.17. The lowest BCUT2D eigenvalue weighted by Gasteiger charge is -2.29. The lowest BCUT2D eigenvalue weighted by Crippen LogP contribution is -2.42. The van der Waals surface area contributed by atoms with Crippen molar-refractivity contribution < 1.29 is 4.79 Å². The van der Waals surface area contributed by atoms with Crippen molar-refractivity contribution in [3.8, 4) is 0 Å². The van der Waals surface area contributed by atoms with Gasteiger partial charge in [-0.25, -0.2) is 0 Å². The Hall–Kier alpha value is -1.35. The van der Waals surface area contributed by atoms with Crippen LogP contribution in [-0.2, 0) is 4.79 Å². The minimum absolute atomic E-state index is 0.0842. The highest BCUT2D eigenvalue weighted by Crippen LogP contribution is 2.25. The Bertz CT molecular complexity index is 424. The number of hydrogen-bond acceptors (Lipinski definition) is 2. The molecule has 1 aliphatic carbocycles. The molecule has 3 heteroatoms. The molecule has 1 aromatic rings. The standard InChI is InChI=1S/C17H26N2O/c1-12-8-10-15(11-9-12)19-17(20)13(2)16(18)14-6-4-3-5-7-14/h3-7,12-13,15-16H,8-11,18H2,1-2H3,(H,19,20). The molecule has 3 N–H and O–H groups in total. The van der Waals surface area contributed by atoms with Crippen molar-refractivity contribution in [2.24, 2.45) is 17.6 Å². The fourth-order valence-electron chi connectivity index (χ4n) is 2.86. The van der Waals surface area contributed by atoms with Gasteiger partial charge in [0.2, 0.25) is 5.91 Å². The van der Waals surface area contributed by atoms with Crippen molar-refractivity contribution >= 4 is 5.91 Å². The predicted molar refractivity (Wildman–Crippen MR) is 82.1 cm³/mol. The average molecular weight is 274 g/mol. The van der Waals surface area contributed by atoms with Gasteiger partial charge in [0.05, 0.1) is 5.92 Å². The second-order valence-corrected chi connectivity index (χ2v) is 6.19. The molecule has 1 saturated carbocycles. The van der Waals surface area contributed by atoms with Crippen molar-refractivity contribution in [1.29, 1.82) is 0 Å². The van der Waals surface area contributed by atoms with Gasteiger partial charge in [0, 0.05) is 12.1 Å². The molecule has 3 nitrogen and oxygen atoms in total. The van der Waals surface area contributed by atoms with E-state index in [1.165, 1.54) is 12.8 Å². The van der Waals surface area contributed by atoms with Gasteiger partial charge >= 0.3 is 0 Å². The lowest BCUT2D eigenvalue weighted by atomic mass is 9.86. The molecule has 110 valence electrons. The first kappa shape index (κ1) is 15.0. The largest absolute Gasteiger partial charge is 0.353 e. The molecule has 1 aliphatic rings. The summed E-state index contributed by atoms with van der Waals surface area (Å²) in [6.07, 6.45) is 4.62. The number of carbonyl (C=O) groups is 1. The second-order valence-electron chi connectivity index (χ2n) is 6.19. The Morgan fingerprint density at radius 3 is 2.40 bits per heavy atom. The molecule has 0 spiro atoms. The van der Waals surface area contributed by atoms with Crippen molar-refractivity contribution in [2.45, 2.75) is 51.6 Å². The third-order valence-electron chi connectivity index (χ3n) is 4.50. The SMILES string of the molecule is CC1CCC(NC(=O)C(C)C(N)c2ccccc2)CC1. The summed E-state index contributed by atoms with van der Waals surface area (Å²) in [5.41, 5.74) is 7.23. The lowest BCUT2D eigenvalue weighted by molar-refractivity contribution is -0.126. The van der Waals surface area contributed by atoms with Crippen molar-refractivity contribution in [2.75, 3.05) is 0 Å². The number of nitrogens with two attached hydrogens (primary N) is 1. The molecule has 0 heterocycles. The number of carbonyl (C=O) groups excluding carboxylic acids is 1. The number of benzene rings is 1. The monoisotopic (exact) mass is 274 g/mol. The van der Waals surface area contributed by atoms with Gasteiger partial charge in [-0.3, -0.25) is 4.79 Å². The maximum atomic E-state index is 12.3. The van der Waals surface area contributed by atoms with Gasteiger partial charge in [-0.1, -0.05) is 44.2 Å². The highest BCUT2D eigenvalue weighted by Gasteiger charge is 2.25. The molecule has 2 rings (SSSR count). The van der Waals surface area contributed by atoms with Crippen LogP contribution in [0.2, 0.25) is 0 Å². The van der Waals surface area contributed by atoms with E-state index in [4.69, 9.17) is 5.73 Å².